The lowest BCUT2D eigenvalue weighted by Crippen LogP contribution is -2.30. The first-order valence-corrected chi connectivity index (χ1v) is 7.85. The molecule has 7 heteroatoms. The van der Waals surface area contributed by atoms with Crippen molar-refractivity contribution in [3.8, 4) is 11.8 Å². The second-order valence-electron chi connectivity index (χ2n) is 5.82. The van der Waals surface area contributed by atoms with E-state index in [1.54, 1.807) is 37.3 Å². The summed E-state index contributed by atoms with van der Waals surface area (Å²) in [4.78, 5) is 37.2. The molecule has 0 unspecified atom stereocenters. The van der Waals surface area contributed by atoms with Crippen LogP contribution < -0.4 is 10.1 Å². The molecule has 0 saturated heterocycles. The average Bonchev–Trinajstić information content (AvgIpc) is 2.86. The topological polar surface area (TPSA) is 99.5 Å². The van der Waals surface area contributed by atoms with E-state index in [-0.39, 0.29) is 11.5 Å². The molecule has 2 aromatic rings. The molecule has 7 nitrogen and oxygen atoms in total. The molecular formula is C19H15N3O4. The van der Waals surface area contributed by atoms with Gasteiger partial charge in [-0.25, -0.2) is 0 Å². The van der Waals surface area contributed by atoms with Gasteiger partial charge in [0.25, 0.3) is 17.7 Å². The van der Waals surface area contributed by atoms with E-state index in [0.717, 1.165) is 4.90 Å². The second-order valence-corrected chi connectivity index (χ2v) is 5.82. The molecule has 3 rings (SSSR count). The summed E-state index contributed by atoms with van der Waals surface area (Å²) in [5, 5.41) is 11.4. The Bertz CT molecular complexity index is 944. The molecule has 130 valence electrons. The summed E-state index contributed by atoms with van der Waals surface area (Å²) in [6, 6.07) is 13.0. The van der Waals surface area contributed by atoms with Gasteiger partial charge in [-0.05, 0) is 49.4 Å². The summed E-state index contributed by atoms with van der Waals surface area (Å²) >= 11 is 0. The summed E-state index contributed by atoms with van der Waals surface area (Å²) in [5.74, 6) is -0.703. The normalized spacial score (nSPS) is 13.8. The van der Waals surface area contributed by atoms with Crippen LogP contribution in [-0.4, -0.2) is 35.8 Å². The number of nitrogens with one attached hydrogen (secondary N) is 1. The molecule has 2 aromatic carbocycles. The van der Waals surface area contributed by atoms with E-state index in [9.17, 15) is 14.4 Å². The number of carbonyl (C=O) groups is 3. The van der Waals surface area contributed by atoms with Crippen LogP contribution in [0.3, 0.4) is 0 Å². The van der Waals surface area contributed by atoms with Crippen LogP contribution in [0, 0.1) is 11.3 Å². The number of benzene rings is 2. The molecule has 1 atom stereocenters. The highest BCUT2D eigenvalue weighted by atomic mass is 16.5. The number of amides is 3. The molecule has 0 bridgehead atoms. The first-order chi connectivity index (χ1) is 12.4. The van der Waals surface area contributed by atoms with Crippen molar-refractivity contribution < 1.29 is 19.1 Å². The average molecular weight is 349 g/mol. The Balaban J connectivity index is 1.69. The lowest BCUT2D eigenvalue weighted by Gasteiger charge is -2.15. The fourth-order valence-electron chi connectivity index (χ4n) is 2.55. The standard InChI is InChI=1S/C19H15N3O4/c1-11(26-14-6-3-12(10-20)4-7-14)17(23)21-13-5-8-15-16(9-13)19(25)22(2)18(15)24/h3-9,11H,1-2H3,(H,21,23)/t11-/m1/s1. The summed E-state index contributed by atoms with van der Waals surface area (Å²) in [6.07, 6.45) is -0.795. The SMILES string of the molecule is C[C@@H](Oc1ccc(C#N)cc1)C(=O)Nc1ccc2c(c1)C(=O)N(C)C2=O. The van der Waals surface area contributed by atoms with Gasteiger partial charge < -0.3 is 10.1 Å². The van der Waals surface area contributed by atoms with E-state index in [2.05, 4.69) is 5.32 Å². The van der Waals surface area contributed by atoms with Gasteiger partial charge in [-0.2, -0.15) is 5.26 Å². The Morgan fingerprint density at radius 1 is 1.12 bits per heavy atom. The molecule has 3 amide bonds. The fraction of sp³-hybridized carbons (Fsp3) is 0.158. The van der Waals surface area contributed by atoms with E-state index in [1.165, 1.54) is 19.2 Å². The molecule has 0 saturated carbocycles. The summed E-state index contributed by atoms with van der Waals surface area (Å²) < 4.78 is 5.54. The van der Waals surface area contributed by atoms with E-state index >= 15 is 0 Å². The van der Waals surface area contributed by atoms with Crippen LogP contribution in [0.25, 0.3) is 0 Å². The minimum atomic E-state index is -0.795. The maximum absolute atomic E-state index is 12.3. The van der Waals surface area contributed by atoms with Crippen molar-refractivity contribution in [2.75, 3.05) is 12.4 Å². The fourth-order valence-corrected chi connectivity index (χ4v) is 2.55. The monoisotopic (exact) mass is 349 g/mol. The predicted molar refractivity (Wildman–Crippen MR) is 92.7 cm³/mol. The Hall–Kier alpha value is -3.66. The predicted octanol–water partition coefficient (Wildman–Crippen LogP) is 2.19. The van der Waals surface area contributed by atoms with Crippen molar-refractivity contribution in [1.29, 1.82) is 5.26 Å². The van der Waals surface area contributed by atoms with Crippen LogP contribution in [0.5, 0.6) is 5.75 Å². The third-order valence-electron chi connectivity index (χ3n) is 4.02. The lowest BCUT2D eigenvalue weighted by atomic mass is 10.1. The van der Waals surface area contributed by atoms with Crippen molar-refractivity contribution in [2.45, 2.75) is 13.0 Å². The van der Waals surface area contributed by atoms with Crippen molar-refractivity contribution in [3.63, 3.8) is 0 Å². The molecule has 1 aliphatic rings. The number of hydrogen-bond acceptors (Lipinski definition) is 5. The number of ether oxygens (including phenoxy) is 1. The van der Waals surface area contributed by atoms with Gasteiger partial charge >= 0.3 is 0 Å². The zero-order valence-electron chi connectivity index (χ0n) is 14.1. The maximum atomic E-state index is 12.3. The third-order valence-corrected chi connectivity index (χ3v) is 4.02. The smallest absolute Gasteiger partial charge is 0.265 e. The molecule has 0 spiro atoms. The maximum Gasteiger partial charge on any atom is 0.265 e. The third kappa shape index (κ3) is 3.13. The quantitative estimate of drug-likeness (QED) is 0.853. The van der Waals surface area contributed by atoms with Crippen molar-refractivity contribution in [3.05, 3.63) is 59.2 Å². The number of nitriles is 1. The van der Waals surface area contributed by atoms with Crippen LogP contribution in [0.15, 0.2) is 42.5 Å². The minimum Gasteiger partial charge on any atom is -0.481 e. The van der Waals surface area contributed by atoms with Crippen molar-refractivity contribution in [2.24, 2.45) is 0 Å². The summed E-state index contributed by atoms with van der Waals surface area (Å²) in [6.45, 7) is 1.59. The Morgan fingerprint density at radius 3 is 2.42 bits per heavy atom. The molecule has 0 aliphatic carbocycles. The second kappa shape index (κ2) is 6.69. The van der Waals surface area contributed by atoms with Gasteiger partial charge in [0.2, 0.25) is 0 Å². The number of fused-ring (bicyclic) bond motifs is 1. The highest BCUT2D eigenvalue weighted by Crippen LogP contribution is 2.25. The zero-order chi connectivity index (χ0) is 18.8. The summed E-state index contributed by atoms with van der Waals surface area (Å²) in [5.41, 5.74) is 1.48. The number of rotatable bonds is 4. The largest absolute Gasteiger partial charge is 0.481 e. The molecule has 0 radical (unpaired) electrons. The van der Waals surface area contributed by atoms with Crippen LogP contribution in [0.4, 0.5) is 5.69 Å². The first-order valence-electron chi connectivity index (χ1n) is 7.85. The highest BCUT2D eigenvalue weighted by molar-refractivity contribution is 6.21. The van der Waals surface area contributed by atoms with Gasteiger partial charge in [-0.3, -0.25) is 19.3 Å². The number of carbonyl (C=O) groups excluding carboxylic acids is 3. The van der Waals surface area contributed by atoms with Gasteiger partial charge in [-0.15, -0.1) is 0 Å². The molecule has 1 N–H and O–H groups in total. The minimum absolute atomic E-state index is 0.260. The van der Waals surface area contributed by atoms with Crippen molar-refractivity contribution >= 4 is 23.4 Å². The first kappa shape index (κ1) is 17.2. The Kier molecular flexibility index (Phi) is 4.42. The molecule has 26 heavy (non-hydrogen) atoms. The van der Waals surface area contributed by atoms with Crippen LogP contribution in [-0.2, 0) is 4.79 Å². The zero-order valence-corrected chi connectivity index (χ0v) is 14.1. The molecule has 1 heterocycles. The molecular weight excluding hydrogens is 334 g/mol. The number of nitrogens with zero attached hydrogens (tertiary/aromatic N) is 2. The van der Waals surface area contributed by atoms with Crippen LogP contribution in [0.1, 0.15) is 33.2 Å². The van der Waals surface area contributed by atoms with Gasteiger partial charge in [0.05, 0.1) is 22.8 Å². The van der Waals surface area contributed by atoms with Crippen LogP contribution >= 0.6 is 0 Å². The molecule has 1 aliphatic heterocycles. The van der Waals surface area contributed by atoms with E-state index < -0.39 is 17.9 Å². The van der Waals surface area contributed by atoms with E-state index in [4.69, 9.17) is 10.00 Å². The Labute approximate surface area is 149 Å². The van der Waals surface area contributed by atoms with Gasteiger partial charge in [0.1, 0.15) is 5.75 Å². The number of anilines is 1. The molecule has 0 fully saturated rings. The van der Waals surface area contributed by atoms with E-state index in [0.29, 0.717) is 22.6 Å². The van der Waals surface area contributed by atoms with Crippen LogP contribution in [0.2, 0.25) is 0 Å². The van der Waals surface area contributed by atoms with Gasteiger partial charge in [-0.1, -0.05) is 0 Å². The van der Waals surface area contributed by atoms with Gasteiger partial charge in [0, 0.05) is 12.7 Å². The van der Waals surface area contributed by atoms with E-state index in [1.807, 2.05) is 6.07 Å². The van der Waals surface area contributed by atoms with Gasteiger partial charge in [0.15, 0.2) is 6.10 Å². The van der Waals surface area contributed by atoms with Crippen molar-refractivity contribution in [1.82, 2.24) is 4.90 Å². The molecule has 0 aromatic heterocycles. The number of hydrogen-bond donors (Lipinski definition) is 1. The highest BCUT2D eigenvalue weighted by Gasteiger charge is 2.32. The lowest BCUT2D eigenvalue weighted by molar-refractivity contribution is -0.122. The number of imide groups is 1. The summed E-state index contributed by atoms with van der Waals surface area (Å²) in [7, 11) is 1.41. The Morgan fingerprint density at radius 2 is 1.77 bits per heavy atom.